The third kappa shape index (κ3) is 1.53. The molecule has 1 heterocycles. The Hall–Kier alpha value is -1.28. The van der Waals surface area contributed by atoms with Crippen molar-refractivity contribution in [2.24, 2.45) is 0 Å². The fraction of sp³-hybridized carbons (Fsp3) is 0.0909. The lowest BCUT2D eigenvalue weighted by atomic mass is 10.1. The molecule has 2 rings (SSSR count). The lowest BCUT2D eigenvalue weighted by molar-refractivity contribution is 0.631. The minimum atomic E-state index is -0.306. The molecular weight excluding hydrogens is 201 g/mol. The number of hydrogen-bond donors (Lipinski definition) is 1. The number of aromatic amines is 1. The number of H-pyrrole nitrogens is 1. The largest absolute Gasteiger partial charge is 0.359 e. The Morgan fingerprint density at radius 1 is 1.21 bits per heavy atom. The zero-order valence-corrected chi connectivity index (χ0v) is 8.40. The first-order valence-electron chi connectivity index (χ1n) is 4.28. The van der Waals surface area contributed by atoms with Crippen LogP contribution < -0.4 is 0 Å². The second kappa shape index (κ2) is 3.46. The van der Waals surface area contributed by atoms with Gasteiger partial charge in [-0.2, -0.15) is 0 Å². The Balaban J connectivity index is 2.61. The van der Waals surface area contributed by atoms with Crippen LogP contribution in [0.1, 0.15) is 5.69 Å². The Bertz CT molecular complexity index is 442. The van der Waals surface area contributed by atoms with Gasteiger partial charge in [-0.05, 0) is 31.2 Å². The molecule has 0 aliphatic heterocycles. The van der Waals surface area contributed by atoms with Crippen LogP contribution in [-0.4, -0.2) is 4.98 Å². The first kappa shape index (κ1) is 9.28. The lowest BCUT2D eigenvalue weighted by Crippen LogP contribution is -1.85. The van der Waals surface area contributed by atoms with Gasteiger partial charge in [-0.1, -0.05) is 17.7 Å². The number of benzene rings is 1. The van der Waals surface area contributed by atoms with Gasteiger partial charge in [0, 0.05) is 5.69 Å². The molecular formula is C11H9ClFN. The number of nitrogens with one attached hydrogen (secondary N) is 1. The van der Waals surface area contributed by atoms with Crippen molar-refractivity contribution in [2.75, 3.05) is 0 Å². The summed E-state index contributed by atoms with van der Waals surface area (Å²) in [4.78, 5) is 3.05. The molecule has 0 radical (unpaired) electrons. The maximum absolute atomic E-state index is 13.4. The molecule has 0 aliphatic rings. The molecule has 0 saturated heterocycles. The van der Waals surface area contributed by atoms with E-state index in [0.717, 1.165) is 5.69 Å². The molecule has 3 heteroatoms. The molecule has 72 valence electrons. The van der Waals surface area contributed by atoms with E-state index in [1.807, 2.05) is 19.1 Å². The number of aryl methyl sites for hydroxylation is 1. The SMILES string of the molecule is Cc1ccc(-c2c(F)cccc2Cl)[nH]1. The number of rotatable bonds is 1. The van der Waals surface area contributed by atoms with Gasteiger partial charge in [0.25, 0.3) is 0 Å². The van der Waals surface area contributed by atoms with E-state index in [0.29, 0.717) is 16.3 Å². The molecule has 1 N–H and O–H groups in total. The third-order valence-corrected chi connectivity index (χ3v) is 2.38. The molecule has 0 fully saturated rings. The molecule has 1 aromatic carbocycles. The van der Waals surface area contributed by atoms with E-state index in [1.54, 1.807) is 12.1 Å². The summed E-state index contributed by atoms with van der Waals surface area (Å²) in [6, 6.07) is 8.38. The Kier molecular flexibility index (Phi) is 2.30. The van der Waals surface area contributed by atoms with Crippen molar-refractivity contribution in [2.45, 2.75) is 6.92 Å². The average Bonchev–Trinajstić information content (AvgIpc) is 2.51. The van der Waals surface area contributed by atoms with E-state index in [1.165, 1.54) is 6.07 Å². The summed E-state index contributed by atoms with van der Waals surface area (Å²) in [5.74, 6) is -0.306. The zero-order chi connectivity index (χ0) is 10.1. The van der Waals surface area contributed by atoms with Crippen molar-refractivity contribution in [3.63, 3.8) is 0 Å². The van der Waals surface area contributed by atoms with Crippen LogP contribution in [0.25, 0.3) is 11.3 Å². The lowest BCUT2D eigenvalue weighted by Gasteiger charge is -2.02. The molecule has 0 saturated carbocycles. The second-order valence-electron chi connectivity index (χ2n) is 3.15. The number of hydrogen-bond acceptors (Lipinski definition) is 0. The van der Waals surface area contributed by atoms with Gasteiger partial charge in [-0.15, -0.1) is 0 Å². The van der Waals surface area contributed by atoms with Crippen LogP contribution in [0.15, 0.2) is 30.3 Å². The van der Waals surface area contributed by atoms with Crippen molar-refractivity contribution < 1.29 is 4.39 Å². The minimum Gasteiger partial charge on any atom is -0.359 e. The van der Waals surface area contributed by atoms with E-state index in [2.05, 4.69) is 4.98 Å². The van der Waals surface area contributed by atoms with Gasteiger partial charge in [-0.3, -0.25) is 0 Å². The Morgan fingerprint density at radius 2 is 2.00 bits per heavy atom. The predicted molar refractivity (Wildman–Crippen MR) is 55.9 cm³/mol. The van der Waals surface area contributed by atoms with Crippen LogP contribution in [0.2, 0.25) is 5.02 Å². The fourth-order valence-electron chi connectivity index (χ4n) is 1.41. The molecule has 0 atom stereocenters. The molecule has 0 unspecified atom stereocenters. The summed E-state index contributed by atoms with van der Waals surface area (Å²) in [6.45, 7) is 1.91. The first-order valence-corrected chi connectivity index (χ1v) is 4.66. The summed E-state index contributed by atoms with van der Waals surface area (Å²) in [5, 5.41) is 0.423. The summed E-state index contributed by atoms with van der Waals surface area (Å²) in [7, 11) is 0. The van der Waals surface area contributed by atoms with Gasteiger partial charge >= 0.3 is 0 Å². The van der Waals surface area contributed by atoms with Crippen LogP contribution in [0, 0.1) is 12.7 Å². The van der Waals surface area contributed by atoms with Gasteiger partial charge in [0.1, 0.15) is 5.82 Å². The van der Waals surface area contributed by atoms with E-state index in [4.69, 9.17) is 11.6 Å². The second-order valence-corrected chi connectivity index (χ2v) is 3.56. The maximum atomic E-state index is 13.4. The predicted octanol–water partition coefficient (Wildman–Crippen LogP) is 3.78. The highest BCUT2D eigenvalue weighted by Gasteiger charge is 2.09. The van der Waals surface area contributed by atoms with Gasteiger partial charge in [0.05, 0.1) is 16.3 Å². The monoisotopic (exact) mass is 209 g/mol. The molecule has 0 aliphatic carbocycles. The summed E-state index contributed by atoms with van der Waals surface area (Å²) >= 11 is 5.91. The maximum Gasteiger partial charge on any atom is 0.134 e. The smallest absolute Gasteiger partial charge is 0.134 e. The van der Waals surface area contributed by atoms with Crippen molar-refractivity contribution in [3.8, 4) is 11.3 Å². The summed E-state index contributed by atoms with van der Waals surface area (Å²) in [5.41, 5.74) is 2.13. The Morgan fingerprint density at radius 3 is 2.57 bits per heavy atom. The molecule has 0 spiro atoms. The standard InChI is InChI=1S/C11H9ClFN/c1-7-5-6-10(14-7)11-8(12)3-2-4-9(11)13/h2-6,14H,1H3. The summed E-state index contributed by atoms with van der Waals surface area (Å²) < 4.78 is 13.4. The average molecular weight is 210 g/mol. The van der Waals surface area contributed by atoms with Crippen LogP contribution >= 0.6 is 11.6 Å². The van der Waals surface area contributed by atoms with Gasteiger partial charge in [-0.25, -0.2) is 4.39 Å². The highest BCUT2D eigenvalue weighted by Crippen LogP contribution is 2.29. The van der Waals surface area contributed by atoms with E-state index in [9.17, 15) is 4.39 Å². The van der Waals surface area contributed by atoms with Crippen molar-refractivity contribution >= 4 is 11.6 Å². The first-order chi connectivity index (χ1) is 6.68. The molecule has 0 bridgehead atoms. The van der Waals surface area contributed by atoms with Crippen LogP contribution in [0.5, 0.6) is 0 Å². The topological polar surface area (TPSA) is 15.8 Å². The molecule has 1 aromatic heterocycles. The summed E-state index contributed by atoms with van der Waals surface area (Å²) in [6.07, 6.45) is 0. The van der Waals surface area contributed by atoms with Crippen molar-refractivity contribution in [1.29, 1.82) is 0 Å². The highest BCUT2D eigenvalue weighted by molar-refractivity contribution is 6.33. The molecule has 2 aromatic rings. The van der Waals surface area contributed by atoms with Crippen LogP contribution in [0.3, 0.4) is 0 Å². The zero-order valence-electron chi connectivity index (χ0n) is 7.64. The van der Waals surface area contributed by atoms with Gasteiger partial charge in [0.2, 0.25) is 0 Å². The van der Waals surface area contributed by atoms with Gasteiger partial charge in [0.15, 0.2) is 0 Å². The van der Waals surface area contributed by atoms with E-state index < -0.39 is 0 Å². The van der Waals surface area contributed by atoms with Crippen LogP contribution in [0.4, 0.5) is 4.39 Å². The van der Waals surface area contributed by atoms with Gasteiger partial charge < -0.3 is 4.98 Å². The third-order valence-electron chi connectivity index (χ3n) is 2.06. The van der Waals surface area contributed by atoms with Crippen LogP contribution in [-0.2, 0) is 0 Å². The van der Waals surface area contributed by atoms with Crippen molar-refractivity contribution in [3.05, 3.63) is 46.9 Å². The van der Waals surface area contributed by atoms with E-state index in [-0.39, 0.29) is 5.82 Å². The normalized spacial score (nSPS) is 10.5. The highest BCUT2D eigenvalue weighted by atomic mass is 35.5. The van der Waals surface area contributed by atoms with E-state index >= 15 is 0 Å². The molecule has 1 nitrogen and oxygen atoms in total. The quantitative estimate of drug-likeness (QED) is 0.736. The number of halogens is 2. The Labute approximate surface area is 86.5 Å². The fourth-order valence-corrected chi connectivity index (χ4v) is 1.67. The van der Waals surface area contributed by atoms with Crippen molar-refractivity contribution in [1.82, 2.24) is 4.98 Å². The molecule has 0 amide bonds. The minimum absolute atomic E-state index is 0.306. The number of aromatic nitrogens is 1. The molecule has 14 heavy (non-hydrogen) atoms.